The summed E-state index contributed by atoms with van der Waals surface area (Å²) in [6, 6.07) is 8.59. The third kappa shape index (κ3) is 9.25. The van der Waals surface area contributed by atoms with Crippen molar-refractivity contribution >= 4 is 53.0 Å². The number of carbonyl (C=O) groups excluding carboxylic acids is 1. The Labute approximate surface area is 223 Å². The summed E-state index contributed by atoms with van der Waals surface area (Å²) in [5.41, 5.74) is 0.881. The molecule has 2 saturated heterocycles. The Morgan fingerprint density at radius 3 is 2.62 bits per heavy atom. The Balaban J connectivity index is 1.70. The van der Waals surface area contributed by atoms with Gasteiger partial charge in [0, 0.05) is 28.3 Å². The number of ether oxygens (including phenoxy) is 2. The number of carbonyl (C=O) groups is 1. The number of rotatable bonds is 9. The second-order valence-corrected chi connectivity index (χ2v) is 15.3. The molecule has 0 aliphatic carbocycles. The maximum Gasteiger partial charge on any atom is 0.311 e. The van der Waals surface area contributed by atoms with E-state index in [1.807, 2.05) is 50.4 Å². The molecule has 3 unspecified atom stereocenters. The number of hydrogen-bond donors (Lipinski definition) is 0. The third-order valence-corrected chi connectivity index (χ3v) is 11.9. The molecular formula is C27H40O3S4. The molecule has 1 aromatic rings. The van der Waals surface area contributed by atoms with Gasteiger partial charge in [-0.15, -0.1) is 23.5 Å². The lowest BCUT2D eigenvalue weighted by molar-refractivity contribution is -0.156. The van der Waals surface area contributed by atoms with Crippen molar-refractivity contribution in [1.82, 2.24) is 0 Å². The third-order valence-electron chi connectivity index (χ3n) is 6.08. The molecule has 2 fully saturated rings. The molecule has 1 aromatic carbocycles. The van der Waals surface area contributed by atoms with Crippen molar-refractivity contribution in [3.8, 4) is 5.75 Å². The highest BCUT2D eigenvalue weighted by molar-refractivity contribution is 8.20. The number of hydrogen-bond acceptors (Lipinski definition) is 7. The fourth-order valence-corrected chi connectivity index (χ4v) is 9.50. The second kappa shape index (κ2) is 14.4. The van der Waals surface area contributed by atoms with Crippen LogP contribution in [0.2, 0.25) is 0 Å². The molecule has 2 aliphatic heterocycles. The van der Waals surface area contributed by atoms with Gasteiger partial charge in [-0.1, -0.05) is 18.2 Å². The molecule has 0 spiro atoms. The van der Waals surface area contributed by atoms with Crippen molar-refractivity contribution in [3.63, 3.8) is 0 Å². The quantitative estimate of drug-likeness (QED) is 0.237. The SMILES string of the molecule is COc1cccc(C2CCSCCSC2CCC(/C=C/CC2SCCS2)OC(=O)C(C)(C)C)c1. The largest absolute Gasteiger partial charge is 0.497 e. The summed E-state index contributed by atoms with van der Waals surface area (Å²) >= 11 is 8.24. The van der Waals surface area contributed by atoms with E-state index in [0.29, 0.717) is 15.7 Å². The van der Waals surface area contributed by atoms with Gasteiger partial charge >= 0.3 is 5.97 Å². The zero-order valence-corrected chi connectivity index (χ0v) is 24.3. The van der Waals surface area contributed by atoms with Gasteiger partial charge < -0.3 is 9.47 Å². The molecule has 190 valence electrons. The first kappa shape index (κ1) is 28.2. The van der Waals surface area contributed by atoms with Gasteiger partial charge in [-0.2, -0.15) is 23.5 Å². The predicted molar refractivity (Wildman–Crippen MR) is 155 cm³/mol. The Morgan fingerprint density at radius 1 is 1.12 bits per heavy atom. The van der Waals surface area contributed by atoms with Gasteiger partial charge in [-0.3, -0.25) is 4.79 Å². The summed E-state index contributed by atoms with van der Waals surface area (Å²) in [4.78, 5) is 12.7. The molecule has 0 radical (unpaired) electrons. The summed E-state index contributed by atoms with van der Waals surface area (Å²) in [7, 11) is 1.74. The van der Waals surface area contributed by atoms with Crippen molar-refractivity contribution in [1.29, 1.82) is 0 Å². The molecule has 3 nitrogen and oxygen atoms in total. The highest BCUT2D eigenvalue weighted by atomic mass is 32.2. The fraction of sp³-hybridized carbons (Fsp3) is 0.667. The number of esters is 1. The van der Waals surface area contributed by atoms with E-state index in [4.69, 9.17) is 9.47 Å². The second-order valence-electron chi connectivity index (χ2n) is 9.80. The van der Waals surface area contributed by atoms with Gasteiger partial charge in [-0.05, 0) is 81.9 Å². The van der Waals surface area contributed by atoms with Gasteiger partial charge in [0.15, 0.2) is 0 Å². The first-order chi connectivity index (χ1) is 16.4. The van der Waals surface area contributed by atoms with Crippen LogP contribution in [0.1, 0.15) is 57.9 Å². The van der Waals surface area contributed by atoms with E-state index < -0.39 is 5.41 Å². The fourth-order valence-electron chi connectivity index (χ4n) is 4.13. The number of benzene rings is 1. The summed E-state index contributed by atoms with van der Waals surface area (Å²) in [5, 5.41) is 0.512. The lowest BCUT2D eigenvalue weighted by Crippen LogP contribution is -2.28. The topological polar surface area (TPSA) is 35.5 Å². The first-order valence-electron chi connectivity index (χ1n) is 12.3. The van der Waals surface area contributed by atoms with Crippen LogP contribution in [0.5, 0.6) is 5.75 Å². The molecule has 7 heteroatoms. The predicted octanol–water partition coefficient (Wildman–Crippen LogP) is 7.51. The Hall–Kier alpha value is -0.370. The van der Waals surface area contributed by atoms with E-state index in [1.165, 1.54) is 40.7 Å². The van der Waals surface area contributed by atoms with Crippen LogP contribution in [-0.4, -0.2) is 57.8 Å². The van der Waals surface area contributed by atoms with Crippen LogP contribution in [0.3, 0.4) is 0 Å². The maximum atomic E-state index is 12.7. The van der Waals surface area contributed by atoms with Crippen LogP contribution in [0.4, 0.5) is 0 Å². The van der Waals surface area contributed by atoms with E-state index in [9.17, 15) is 4.79 Å². The summed E-state index contributed by atoms with van der Waals surface area (Å²) in [6.45, 7) is 5.80. The molecule has 2 heterocycles. The molecule has 0 saturated carbocycles. The minimum absolute atomic E-state index is 0.113. The van der Waals surface area contributed by atoms with Gasteiger partial charge in [0.1, 0.15) is 11.9 Å². The zero-order chi connectivity index (χ0) is 24.4. The smallest absolute Gasteiger partial charge is 0.311 e. The van der Waals surface area contributed by atoms with Crippen LogP contribution in [-0.2, 0) is 9.53 Å². The Kier molecular flexibility index (Phi) is 11.9. The van der Waals surface area contributed by atoms with Gasteiger partial charge in [-0.25, -0.2) is 0 Å². The lowest BCUT2D eigenvalue weighted by atomic mass is 9.89. The minimum atomic E-state index is -0.488. The van der Waals surface area contributed by atoms with E-state index in [-0.39, 0.29) is 12.1 Å². The Morgan fingerprint density at radius 2 is 1.88 bits per heavy atom. The van der Waals surface area contributed by atoms with Crippen molar-refractivity contribution < 1.29 is 14.3 Å². The average Bonchev–Trinajstić information content (AvgIpc) is 3.31. The van der Waals surface area contributed by atoms with Crippen LogP contribution < -0.4 is 4.74 Å². The molecule has 0 bridgehead atoms. The molecular weight excluding hydrogens is 501 g/mol. The molecule has 3 rings (SSSR count). The molecule has 3 atom stereocenters. The van der Waals surface area contributed by atoms with Crippen molar-refractivity contribution in [3.05, 3.63) is 42.0 Å². The molecule has 0 aromatic heterocycles. The highest BCUT2D eigenvalue weighted by Gasteiger charge is 2.29. The summed E-state index contributed by atoms with van der Waals surface area (Å²) in [6.07, 6.45) is 8.37. The summed E-state index contributed by atoms with van der Waals surface area (Å²) in [5.74, 6) is 7.37. The number of allylic oxidation sites excluding steroid dienone is 1. The minimum Gasteiger partial charge on any atom is -0.497 e. The maximum absolute atomic E-state index is 12.7. The van der Waals surface area contributed by atoms with E-state index in [0.717, 1.165) is 25.0 Å². The first-order valence-corrected chi connectivity index (χ1v) is 16.6. The molecule has 34 heavy (non-hydrogen) atoms. The standard InChI is InChI=1S/C27H40O3S4/c1-27(2,3)26(28)30-21(8-6-10-25-33-17-18-34-25)11-12-24-23(13-14-31-15-16-32-24)20-7-5-9-22(19-20)29-4/h5-9,19,21,23-25H,10-18H2,1-4H3/b8-6+. The van der Waals surface area contributed by atoms with Gasteiger partial charge in [0.25, 0.3) is 0 Å². The zero-order valence-electron chi connectivity index (χ0n) is 21.0. The Bertz CT molecular complexity index is 786. The van der Waals surface area contributed by atoms with Crippen molar-refractivity contribution in [2.75, 3.05) is 35.9 Å². The summed E-state index contributed by atoms with van der Waals surface area (Å²) < 4.78 is 12.2. The van der Waals surface area contributed by atoms with Gasteiger partial charge in [0.2, 0.25) is 0 Å². The normalized spacial score (nSPS) is 23.4. The van der Waals surface area contributed by atoms with Crippen LogP contribution in [0.15, 0.2) is 36.4 Å². The molecule has 0 amide bonds. The monoisotopic (exact) mass is 540 g/mol. The number of methoxy groups -OCH3 is 1. The van der Waals surface area contributed by atoms with Crippen molar-refractivity contribution in [2.24, 2.45) is 5.41 Å². The van der Waals surface area contributed by atoms with Crippen LogP contribution in [0, 0.1) is 5.41 Å². The van der Waals surface area contributed by atoms with E-state index >= 15 is 0 Å². The van der Waals surface area contributed by atoms with Crippen LogP contribution in [0.25, 0.3) is 0 Å². The molecule has 0 N–H and O–H groups in total. The van der Waals surface area contributed by atoms with E-state index in [1.54, 1.807) is 7.11 Å². The van der Waals surface area contributed by atoms with Crippen molar-refractivity contribution in [2.45, 2.75) is 68.3 Å². The van der Waals surface area contributed by atoms with Gasteiger partial charge in [0.05, 0.1) is 17.1 Å². The highest BCUT2D eigenvalue weighted by Crippen LogP contribution is 2.39. The lowest BCUT2D eigenvalue weighted by Gasteiger charge is -2.31. The average molecular weight is 541 g/mol. The molecule has 2 aliphatic rings. The van der Waals surface area contributed by atoms with E-state index in [2.05, 4.69) is 53.9 Å². The van der Waals surface area contributed by atoms with Crippen LogP contribution >= 0.6 is 47.0 Å². The number of thioether (sulfide) groups is 4.